The number of alkyl halides is 3. The molecule has 1 aliphatic rings. The topological polar surface area (TPSA) is 20.2 Å². The minimum atomic E-state index is -4.10. The maximum Gasteiger partial charge on any atom is 0.391 e. The summed E-state index contributed by atoms with van der Waals surface area (Å²) in [5, 5.41) is 10.2. The monoisotopic (exact) mass is 224 g/mol. The smallest absolute Gasteiger partial charge is 0.389 e. The summed E-state index contributed by atoms with van der Waals surface area (Å²) in [5.74, 6) is -1.22. The molecule has 0 heterocycles. The van der Waals surface area contributed by atoms with E-state index in [1.807, 2.05) is 20.8 Å². The van der Waals surface area contributed by atoms with Crippen LogP contribution >= 0.6 is 0 Å². The van der Waals surface area contributed by atoms with Gasteiger partial charge in [0.15, 0.2) is 0 Å². The van der Waals surface area contributed by atoms with Gasteiger partial charge in [0.1, 0.15) is 0 Å². The Morgan fingerprint density at radius 2 is 1.47 bits per heavy atom. The van der Waals surface area contributed by atoms with Crippen LogP contribution in [0.25, 0.3) is 0 Å². The molecule has 0 saturated heterocycles. The van der Waals surface area contributed by atoms with Crippen LogP contribution in [0.15, 0.2) is 0 Å². The number of rotatable bonds is 0. The number of hydrogen-bond acceptors (Lipinski definition) is 1. The second kappa shape index (κ2) is 3.65. The summed E-state index contributed by atoms with van der Waals surface area (Å²) in [4.78, 5) is 0. The Bertz CT molecular complexity index is 219. The predicted octanol–water partition coefficient (Wildman–Crippen LogP) is 3.52. The lowest BCUT2D eigenvalue weighted by Gasteiger charge is -2.45. The quantitative estimate of drug-likeness (QED) is 0.667. The molecule has 1 nitrogen and oxygen atoms in total. The van der Waals surface area contributed by atoms with Gasteiger partial charge in [-0.1, -0.05) is 20.8 Å². The van der Waals surface area contributed by atoms with Crippen LogP contribution in [0.1, 0.15) is 46.5 Å². The molecule has 4 heteroatoms. The molecular formula is C11H19F3O. The van der Waals surface area contributed by atoms with Gasteiger partial charge in [-0.05, 0) is 31.1 Å². The first kappa shape index (κ1) is 12.8. The van der Waals surface area contributed by atoms with Crippen molar-refractivity contribution in [2.45, 2.75) is 58.2 Å². The van der Waals surface area contributed by atoms with Crippen molar-refractivity contribution in [1.29, 1.82) is 0 Å². The molecule has 0 radical (unpaired) electrons. The van der Waals surface area contributed by atoms with Gasteiger partial charge in [0.2, 0.25) is 0 Å². The molecule has 0 aromatic heterocycles. The van der Waals surface area contributed by atoms with Gasteiger partial charge in [-0.2, -0.15) is 13.2 Å². The van der Waals surface area contributed by atoms with Crippen LogP contribution < -0.4 is 0 Å². The van der Waals surface area contributed by atoms with Gasteiger partial charge < -0.3 is 5.11 Å². The lowest BCUT2D eigenvalue weighted by molar-refractivity contribution is -0.200. The summed E-state index contributed by atoms with van der Waals surface area (Å²) in [6.45, 7) is 5.63. The Kier molecular flexibility index (Phi) is 3.12. The van der Waals surface area contributed by atoms with E-state index in [-0.39, 0.29) is 31.1 Å². The molecule has 0 atom stereocenters. The lowest BCUT2D eigenvalue weighted by Crippen LogP contribution is -2.47. The fraction of sp³-hybridized carbons (Fsp3) is 1.00. The minimum absolute atomic E-state index is 0.0528. The summed E-state index contributed by atoms with van der Waals surface area (Å²) in [7, 11) is 0. The maximum atomic E-state index is 12.4. The van der Waals surface area contributed by atoms with Gasteiger partial charge >= 0.3 is 6.18 Å². The third kappa shape index (κ3) is 2.65. The molecule has 0 aromatic carbocycles. The molecule has 90 valence electrons. The molecule has 1 aliphatic carbocycles. The zero-order valence-electron chi connectivity index (χ0n) is 9.49. The Morgan fingerprint density at radius 1 is 1.07 bits per heavy atom. The molecule has 1 N–H and O–H groups in total. The van der Waals surface area contributed by atoms with E-state index >= 15 is 0 Å². The van der Waals surface area contributed by atoms with Crippen molar-refractivity contribution in [3.63, 3.8) is 0 Å². The summed E-state index contributed by atoms with van der Waals surface area (Å²) in [6.07, 6.45) is -3.49. The van der Waals surface area contributed by atoms with Gasteiger partial charge in [-0.15, -0.1) is 0 Å². The van der Waals surface area contributed by atoms with E-state index < -0.39 is 17.7 Å². The fourth-order valence-corrected chi connectivity index (χ4v) is 2.17. The summed E-state index contributed by atoms with van der Waals surface area (Å²) >= 11 is 0. The van der Waals surface area contributed by atoms with Crippen molar-refractivity contribution in [1.82, 2.24) is 0 Å². The largest absolute Gasteiger partial charge is 0.391 e. The molecular weight excluding hydrogens is 205 g/mol. The lowest BCUT2D eigenvalue weighted by atomic mass is 9.66. The third-order valence-corrected chi connectivity index (χ3v) is 3.67. The van der Waals surface area contributed by atoms with Crippen molar-refractivity contribution < 1.29 is 18.3 Å². The first-order valence-corrected chi connectivity index (χ1v) is 5.35. The molecule has 1 saturated carbocycles. The Morgan fingerprint density at radius 3 is 1.73 bits per heavy atom. The molecule has 0 aliphatic heterocycles. The van der Waals surface area contributed by atoms with E-state index in [0.29, 0.717) is 0 Å². The fourth-order valence-electron chi connectivity index (χ4n) is 2.17. The van der Waals surface area contributed by atoms with E-state index in [4.69, 9.17) is 0 Å². The molecule has 0 spiro atoms. The van der Waals surface area contributed by atoms with Gasteiger partial charge in [0.25, 0.3) is 0 Å². The molecule has 0 bridgehead atoms. The van der Waals surface area contributed by atoms with E-state index in [0.717, 1.165) is 0 Å². The number of aliphatic hydroxyl groups is 1. The third-order valence-electron chi connectivity index (χ3n) is 3.67. The summed E-state index contributed by atoms with van der Waals surface area (Å²) in [6, 6.07) is 0. The molecule has 0 amide bonds. The molecule has 15 heavy (non-hydrogen) atoms. The zero-order valence-corrected chi connectivity index (χ0v) is 9.49. The highest BCUT2D eigenvalue weighted by atomic mass is 19.4. The predicted molar refractivity (Wildman–Crippen MR) is 52.4 cm³/mol. The van der Waals surface area contributed by atoms with Crippen LogP contribution in [0, 0.1) is 11.3 Å². The minimum Gasteiger partial charge on any atom is -0.389 e. The van der Waals surface area contributed by atoms with Gasteiger partial charge in [0.05, 0.1) is 11.5 Å². The van der Waals surface area contributed by atoms with E-state index in [1.54, 1.807) is 0 Å². The second-order valence-corrected chi connectivity index (χ2v) is 5.60. The summed E-state index contributed by atoms with van der Waals surface area (Å²) in [5.41, 5.74) is -1.28. The van der Waals surface area contributed by atoms with E-state index in [9.17, 15) is 18.3 Å². The zero-order chi connectivity index (χ0) is 11.9. The van der Waals surface area contributed by atoms with Crippen molar-refractivity contribution in [2.75, 3.05) is 0 Å². The average Bonchev–Trinajstić information content (AvgIpc) is 2.01. The van der Waals surface area contributed by atoms with Crippen molar-refractivity contribution in [3.05, 3.63) is 0 Å². The van der Waals surface area contributed by atoms with Crippen LogP contribution in [0.2, 0.25) is 0 Å². The van der Waals surface area contributed by atoms with Crippen LogP contribution in [0.3, 0.4) is 0 Å². The number of halogens is 3. The number of hydrogen-bond donors (Lipinski definition) is 1. The first-order chi connectivity index (χ1) is 6.56. The van der Waals surface area contributed by atoms with Crippen molar-refractivity contribution in [2.24, 2.45) is 11.3 Å². The average molecular weight is 224 g/mol. The van der Waals surface area contributed by atoms with E-state index in [1.165, 1.54) is 0 Å². The second-order valence-electron chi connectivity index (χ2n) is 5.60. The van der Waals surface area contributed by atoms with Crippen molar-refractivity contribution >= 4 is 0 Å². The van der Waals surface area contributed by atoms with Crippen LogP contribution in [0.4, 0.5) is 13.2 Å². The van der Waals surface area contributed by atoms with Crippen molar-refractivity contribution in [3.8, 4) is 0 Å². The highest BCUT2D eigenvalue weighted by Gasteiger charge is 2.49. The van der Waals surface area contributed by atoms with Crippen LogP contribution in [0.5, 0.6) is 0 Å². The van der Waals surface area contributed by atoms with Gasteiger partial charge in [-0.3, -0.25) is 0 Å². The van der Waals surface area contributed by atoms with Gasteiger partial charge in [0, 0.05) is 0 Å². The highest BCUT2D eigenvalue weighted by molar-refractivity contribution is 4.95. The SMILES string of the molecule is CC(C)(C)C1(O)CCC(C(F)(F)F)CC1. The van der Waals surface area contributed by atoms with E-state index in [2.05, 4.69) is 0 Å². The Labute approximate surface area is 88.7 Å². The summed E-state index contributed by atoms with van der Waals surface area (Å²) < 4.78 is 37.2. The maximum absolute atomic E-state index is 12.4. The normalized spacial score (nSPS) is 34.2. The Hall–Kier alpha value is -0.250. The first-order valence-electron chi connectivity index (χ1n) is 5.35. The highest BCUT2D eigenvalue weighted by Crippen LogP contribution is 2.47. The molecule has 1 rings (SSSR count). The van der Waals surface area contributed by atoms with Crippen LogP contribution in [-0.2, 0) is 0 Å². The Balaban J connectivity index is 2.64. The molecule has 0 unspecified atom stereocenters. The molecule has 1 fully saturated rings. The van der Waals surface area contributed by atoms with Crippen LogP contribution in [-0.4, -0.2) is 16.9 Å². The van der Waals surface area contributed by atoms with Gasteiger partial charge in [-0.25, -0.2) is 0 Å². The standard InChI is InChI=1S/C11H19F3O/c1-9(2,3)10(15)6-4-8(5-7-10)11(12,13)14/h8,15H,4-7H2,1-3H3. The molecule has 0 aromatic rings.